The normalized spacial score (nSPS) is 18.1. The molecule has 0 radical (unpaired) electrons. The van der Waals surface area contributed by atoms with E-state index in [0.29, 0.717) is 11.4 Å². The maximum Gasteiger partial charge on any atom is 0.547 e. The van der Waals surface area contributed by atoms with Crippen molar-refractivity contribution < 1.29 is 43.1 Å². The van der Waals surface area contributed by atoms with Gasteiger partial charge in [-0.25, -0.2) is 19.0 Å². The summed E-state index contributed by atoms with van der Waals surface area (Å²) < 4.78 is 19.2. The van der Waals surface area contributed by atoms with Gasteiger partial charge in [0.1, 0.15) is 17.1 Å². The fourth-order valence-corrected chi connectivity index (χ4v) is 4.61. The SMILES string of the molecule is CCN1CCN(C(=O)NC(C(=O)N[C@H]2Cc3ccc(F)c(C(=O)O)c3OB2O)c2cscn2)C(=O)C1=O. The highest BCUT2D eigenvalue weighted by atomic mass is 32.1. The summed E-state index contributed by atoms with van der Waals surface area (Å²) in [5, 5.41) is 26.1. The van der Waals surface area contributed by atoms with Crippen molar-refractivity contribution in [3.63, 3.8) is 0 Å². The molecule has 1 aromatic carbocycles. The van der Waals surface area contributed by atoms with Crippen LogP contribution in [0.1, 0.15) is 34.6 Å². The third-order valence-electron chi connectivity index (χ3n) is 5.97. The summed E-state index contributed by atoms with van der Waals surface area (Å²) in [7, 11) is -1.73. The second kappa shape index (κ2) is 10.5. The number of imide groups is 1. The number of nitrogens with one attached hydrogen (secondary N) is 2. The lowest BCUT2D eigenvalue weighted by molar-refractivity contribution is -0.153. The third kappa shape index (κ3) is 5.10. The van der Waals surface area contributed by atoms with Crippen LogP contribution < -0.4 is 15.3 Å². The number of hydrogen-bond acceptors (Lipinski definition) is 9. The number of rotatable bonds is 6. The molecule has 1 aromatic heterocycles. The molecule has 2 aliphatic heterocycles. The molecule has 0 aliphatic carbocycles. The van der Waals surface area contributed by atoms with Gasteiger partial charge >= 0.3 is 30.9 Å². The van der Waals surface area contributed by atoms with Gasteiger partial charge in [-0.3, -0.25) is 19.3 Å². The number of nitrogens with zero attached hydrogens (tertiary/aromatic N) is 3. The molecule has 4 rings (SSSR count). The van der Waals surface area contributed by atoms with E-state index in [2.05, 4.69) is 15.6 Å². The Kier molecular flexibility index (Phi) is 7.40. The molecule has 1 fully saturated rings. The molecule has 5 amide bonds. The van der Waals surface area contributed by atoms with Crippen molar-refractivity contribution >= 4 is 48.2 Å². The van der Waals surface area contributed by atoms with Crippen LogP contribution in [0.2, 0.25) is 0 Å². The summed E-state index contributed by atoms with van der Waals surface area (Å²) in [5.41, 5.74) is 1.06. The quantitative estimate of drug-likeness (QED) is 0.283. The second-order valence-electron chi connectivity index (χ2n) is 8.18. The lowest BCUT2D eigenvalue weighted by Crippen LogP contribution is -2.60. The van der Waals surface area contributed by atoms with E-state index in [1.54, 1.807) is 6.92 Å². The molecule has 4 N–H and O–H groups in total. The number of aromatic nitrogens is 1. The Morgan fingerprint density at radius 2 is 2.05 bits per heavy atom. The average Bonchev–Trinajstić information content (AvgIpc) is 3.39. The first-order chi connectivity index (χ1) is 17.6. The zero-order valence-electron chi connectivity index (χ0n) is 19.3. The number of carboxylic acid groups (broad SMARTS) is 1. The number of benzene rings is 1. The highest BCUT2D eigenvalue weighted by Gasteiger charge is 2.41. The van der Waals surface area contributed by atoms with Crippen molar-refractivity contribution in [2.24, 2.45) is 0 Å². The molecule has 0 spiro atoms. The van der Waals surface area contributed by atoms with Crippen molar-refractivity contribution in [2.75, 3.05) is 19.6 Å². The van der Waals surface area contributed by atoms with E-state index < -0.39 is 60.2 Å². The number of piperazine rings is 1. The smallest absolute Gasteiger partial charge is 0.534 e. The van der Waals surface area contributed by atoms with Crippen LogP contribution in [0.25, 0.3) is 0 Å². The van der Waals surface area contributed by atoms with Gasteiger partial charge in [0.15, 0.2) is 6.04 Å². The van der Waals surface area contributed by atoms with E-state index in [9.17, 15) is 38.5 Å². The van der Waals surface area contributed by atoms with Crippen LogP contribution in [0.5, 0.6) is 5.75 Å². The molecule has 194 valence electrons. The summed E-state index contributed by atoms with van der Waals surface area (Å²) >= 11 is 1.15. The Balaban J connectivity index is 1.51. The monoisotopic (exact) mass is 533 g/mol. The van der Waals surface area contributed by atoms with Gasteiger partial charge in [-0.2, -0.15) is 0 Å². The van der Waals surface area contributed by atoms with Gasteiger partial charge in [0.2, 0.25) is 5.91 Å². The minimum absolute atomic E-state index is 0.0654. The fraction of sp³-hybridized carbons (Fsp3) is 0.333. The Hall–Kier alpha value is -4.05. The van der Waals surface area contributed by atoms with Gasteiger partial charge in [0, 0.05) is 25.0 Å². The van der Waals surface area contributed by atoms with Crippen molar-refractivity contribution in [3.05, 3.63) is 45.7 Å². The summed E-state index contributed by atoms with van der Waals surface area (Å²) in [6.45, 7) is 2.08. The Morgan fingerprint density at radius 3 is 2.70 bits per heavy atom. The highest BCUT2D eigenvalue weighted by Crippen LogP contribution is 2.32. The third-order valence-corrected chi connectivity index (χ3v) is 6.57. The van der Waals surface area contributed by atoms with Crippen molar-refractivity contribution in [1.82, 2.24) is 25.4 Å². The van der Waals surface area contributed by atoms with Gasteiger partial charge in [-0.15, -0.1) is 11.3 Å². The van der Waals surface area contributed by atoms with E-state index in [1.165, 1.54) is 21.9 Å². The van der Waals surface area contributed by atoms with E-state index in [4.69, 9.17) is 4.65 Å². The topological polar surface area (TPSA) is 178 Å². The van der Waals surface area contributed by atoms with E-state index >= 15 is 0 Å². The number of aromatic carboxylic acids is 1. The second-order valence-corrected chi connectivity index (χ2v) is 8.90. The van der Waals surface area contributed by atoms with E-state index in [0.717, 1.165) is 17.4 Å². The van der Waals surface area contributed by atoms with Gasteiger partial charge in [0.25, 0.3) is 0 Å². The Morgan fingerprint density at radius 1 is 1.30 bits per heavy atom. The predicted molar refractivity (Wildman–Crippen MR) is 125 cm³/mol. The molecule has 2 atom stereocenters. The molecule has 0 saturated carbocycles. The summed E-state index contributed by atoms with van der Waals surface area (Å²) in [6, 6.07) is -0.158. The van der Waals surface area contributed by atoms with Crippen LogP contribution >= 0.6 is 11.3 Å². The van der Waals surface area contributed by atoms with Gasteiger partial charge in [-0.05, 0) is 25.0 Å². The Bertz CT molecular complexity index is 1260. The van der Waals surface area contributed by atoms with Crippen LogP contribution in [-0.4, -0.2) is 87.3 Å². The number of carboxylic acids is 1. The molecule has 1 unspecified atom stereocenters. The average molecular weight is 533 g/mol. The van der Waals surface area contributed by atoms with Crippen LogP contribution in [0, 0.1) is 5.82 Å². The number of urea groups is 1. The zero-order valence-corrected chi connectivity index (χ0v) is 20.2. The number of hydrogen-bond donors (Lipinski definition) is 4. The van der Waals surface area contributed by atoms with E-state index in [1.807, 2.05) is 0 Å². The molecular weight excluding hydrogens is 512 g/mol. The number of carbonyl (C=O) groups excluding carboxylic acids is 4. The van der Waals surface area contributed by atoms with Crippen LogP contribution in [0.3, 0.4) is 0 Å². The molecule has 2 aromatic rings. The molecule has 16 heteroatoms. The highest BCUT2D eigenvalue weighted by molar-refractivity contribution is 7.07. The molecule has 13 nitrogen and oxygen atoms in total. The first-order valence-corrected chi connectivity index (χ1v) is 12.1. The zero-order chi connectivity index (χ0) is 26.9. The number of carbonyl (C=O) groups is 5. The first-order valence-electron chi connectivity index (χ1n) is 11.1. The number of halogens is 1. The molecule has 37 heavy (non-hydrogen) atoms. The van der Waals surface area contributed by atoms with Crippen molar-refractivity contribution in [2.45, 2.75) is 25.3 Å². The summed E-state index contributed by atoms with van der Waals surface area (Å²) in [6.07, 6.45) is -0.105. The number of thiazole rings is 1. The number of amides is 5. The van der Waals surface area contributed by atoms with Crippen LogP contribution in [0.15, 0.2) is 23.0 Å². The van der Waals surface area contributed by atoms with Crippen LogP contribution in [-0.2, 0) is 20.8 Å². The molecule has 3 heterocycles. The van der Waals surface area contributed by atoms with Crippen molar-refractivity contribution in [3.8, 4) is 5.75 Å². The van der Waals surface area contributed by atoms with Gasteiger partial charge in [-0.1, -0.05) is 6.07 Å². The lowest BCUT2D eigenvalue weighted by Gasteiger charge is -2.33. The van der Waals surface area contributed by atoms with E-state index in [-0.39, 0.29) is 36.5 Å². The maximum atomic E-state index is 14.0. The van der Waals surface area contributed by atoms with Crippen molar-refractivity contribution in [1.29, 1.82) is 0 Å². The minimum Gasteiger partial charge on any atom is -0.534 e. The molecular formula is C21H21BFN5O8S. The standard InChI is InChI=1S/C21H21BFN5O8S/c1-2-27-5-6-28(19(31)18(27)30)21(34)26-15(12-8-37-9-24-12)17(29)25-13-7-10-3-4-11(23)14(20(32)33)16(10)36-22(13)35/h3-4,8-9,13,15,35H,2,5-7H2,1H3,(H,25,29)(H,26,34)(H,32,33)/t13-,15?/m0/s1. The molecule has 2 aliphatic rings. The lowest BCUT2D eigenvalue weighted by atomic mass is 9.72. The molecule has 0 bridgehead atoms. The maximum absolute atomic E-state index is 14.0. The molecule has 1 saturated heterocycles. The predicted octanol–water partition coefficient (Wildman–Crippen LogP) is -0.439. The van der Waals surface area contributed by atoms with Gasteiger partial charge < -0.3 is 30.3 Å². The van der Waals surface area contributed by atoms with Crippen LogP contribution in [0.4, 0.5) is 9.18 Å². The fourth-order valence-electron chi connectivity index (χ4n) is 4.04. The summed E-state index contributed by atoms with van der Waals surface area (Å²) in [4.78, 5) is 68.1. The number of likely N-dealkylation sites (N-methyl/N-ethyl adjacent to an activating group) is 1. The Labute approximate surface area is 213 Å². The van der Waals surface area contributed by atoms with Gasteiger partial charge in [0.05, 0.1) is 17.1 Å². The summed E-state index contributed by atoms with van der Waals surface area (Å²) in [5.74, 6) is -6.75. The minimum atomic E-state index is -1.73. The largest absolute Gasteiger partial charge is 0.547 e. The first kappa shape index (κ1) is 26.0. The number of fused-ring (bicyclic) bond motifs is 1.